The van der Waals surface area contributed by atoms with E-state index >= 15 is 0 Å². The van der Waals surface area contributed by atoms with Gasteiger partial charge < -0.3 is 4.74 Å². The van der Waals surface area contributed by atoms with Gasteiger partial charge in [-0.15, -0.1) is 0 Å². The highest BCUT2D eigenvalue weighted by Gasteiger charge is 2.09. The van der Waals surface area contributed by atoms with Crippen LogP contribution in [0.5, 0.6) is 0 Å². The molecule has 0 aliphatic heterocycles. The molecule has 12 heavy (non-hydrogen) atoms. The predicted molar refractivity (Wildman–Crippen MR) is 47.4 cm³/mol. The summed E-state index contributed by atoms with van der Waals surface area (Å²) >= 11 is 1.18. The van der Waals surface area contributed by atoms with Crippen molar-refractivity contribution in [1.82, 2.24) is 4.37 Å². The smallest absolute Gasteiger partial charge is 0.349 e. The van der Waals surface area contributed by atoms with Gasteiger partial charge in [0.2, 0.25) is 0 Å². The quantitative estimate of drug-likeness (QED) is 0.676. The number of aryl methyl sites for hydroxylation is 1. The lowest BCUT2D eigenvalue weighted by atomic mass is 10.4. The summed E-state index contributed by atoms with van der Waals surface area (Å²) < 4.78 is 8.91. The third-order valence-corrected chi connectivity index (χ3v) is 2.13. The summed E-state index contributed by atoms with van der Waals surface area (Å²) in [5, 5.41) is 0. The summed E-state index contributed by atoms with van der Waals surface area (Å²) in [5.74, 6) is -0.262. The lowest BCUT2D eigenvalue weighted by Gasteiger charge is -1.97. The number of rotatable bonds is 3. The van der Waals surface area contributed by atoms with Gasteiger partial charge in [0.1, 0.15) is 4.88 Å². The fourth-order valence-electron chi connectivity index (χ4n) is 0.726. The van der Waals surface area contributed by atoms with Gasteiger partial charge in [-0.3, -0.25) is 0 Å². The first-order valence-electron chi connectivity index (χ1n) is 3.84. The van der Waals surface area contributed by atoms with Crippen LogP contribution in [0.25, 0.3) is 0 Å². The molecule has 0 spiro atoms. The molecule has 0 bridgehead atoms. The molecular weight excluding hydrogens is 174 g/mol. The van der Waals surface area contributed by atoms with E-state index in [0.717, 1.165) is 12.1 Å². The van der Waals surface area contributed by atoms with E-state index in [-0.39, 0.29) is 5.97 Å². The van der Waals surface area contributed by atoms with Gasteiger partial charge in [0.05, 0.1) is 12.3 Å². The number of hydrogen-bond acceptors (Lipinski definition) is 4. The topological polar surface area (TPSA) is 39.2 Å². The van der Waals surface area contributed by atoms with E-state index in [9.17, 15) is 4.79 Å². The molecule has 4 heteroatoms. The Morgan fingerprint density at radius 3 is 3.00 bits per heavy atom. The average Bonchev–Trinajstić information content (AvgIpc) is 2.47. The number of nitrogens with zero attached hydrogens (tertiary/aromatic N) is 1. The molecule has 1 aromatic heterocycles. The maximum absolute atomic E-state index is 11.2. The molecule has 66 valence electrons. The van der Waals surface area contributed by atoms with Crippen molar-refractivity contribution in [2.45, 2.75) is 20.3 Å². The van der Waals surface area contributed by atoms with E-state index in [1.807, 2.05) is 13.8 Å². The summed E-state index contributed by atoms with van der Waals surface area (Å²) in [5.41, 5.74) is 0.864. The second kappa shape index (κ2) is 4.21. The molecule has 0 unspecified atom stereocenters. The molecule has 0 amide bonds. The Labute approximate surface area is 75.5 Å². The van der Waals surface area contributed by atoms with Crippen molar-refractivity contribution in [3.8, 4) is 0 Å². The van der Waals surface area contributed by atoms with E-state index in [1.165, 1.54) is 11.5 Å². The zero-order chi connectivity index (χ0) is 8.97. The Morgan fingerprint density at radius 2 is 2.50 bits per heavy atom. The summed E-state index contributed by atoms with van der Waals surface area (Å²) in [6.45, 7) is 4.30. The van der Waals surface area contributed by atoms with Gasteiger partial charge in [0, 0.05) is 0 Å². The maximum atomic E-state index is 11.2. The Balaban J connectivity index is 2.53. The largest absolute Gasteiger partial charge is 0.461 e. The lowest BCUT2D eigenvalue weighted by molar-refractivity contribution is 0.0511. The molecule has 0 aliphatic rings. The summed E-state index contributed by atoms with van der Waals surface area (Å²) in [7, 11) is 0. The molecule has 3 nitrogen and oxygen atoms in total. The van der Waals surface area contributed by atoms with Crippen molar-refractivity contribution in [1.29, 1.82) is 0 Å². The molecule has 0 N–H and O–H groups in total. The number of carbonyl (C=O) groups excluding carboxylic acids is 1. The van der Waals surface area contributed by atoms with Gasteiger partial charge in [-0.2, -0.15) is 4.37 Å². The van der Waals surface area contributed by atoms with Crippen LogP contribution in [0.2, 0.25) is 0 Å². The van der Waals surface area contributed by atoms with Crippen molar-refractivity contribution in [3.63, 3.8) is 0 Å². The first-order valence-corrected chi connectivity index (χ1v) is 4.62. The van der Waals surface area contributed by atoms with Gasteiger partial charge in [0.25, 0.3) is 0 Å². The van der Waals surface area contributed by atoms with Crippen LogP contribution in [0.1, 0.15) is 28.7 Å². The lowest BCUT2D eigenvalue weighted by Crippen LogP contribution is -2.03. The van der Waals surface area contributed by atoms with Gasteiger partial charge in [-0.25, -0.2) is 4.79 Å². The monoisotopic (exact) mass is 185 g/mol. The zero-order valence-electron chi connectivity index (χ0n) is 7.16. The van der Waals surface area contributed by atoms with Crippen LogP contribution < -0.4 is 0 Å². The van der Waals surface area contributed by atoms with Crippen molar-refractivity contribution >= 4 is 17.5 Å². The van der Waals surface area contributed by atoms with Crippen molar-refractivity contribution in [3.05, 3.63) is 16.6 Å². The number of esters is 1. The minimum Gasteiger partial charge on any atom is -0.461 e. The third-order valence-electron chi connectivity index (χ3n) is 1.27. The molecule has 0 fully saturated rings. The van der Waals surface area contributed by atoms with Gasteiger partial charge >= 0.3 is 5.97 Å². The Kier molecular flexibility index (Phi) is 3.22. The van der Waals surface area contributed by atoms with E-state index in [2.05, 4.69) is 4.37 Å². The van der Waals surface area contributed by atoms with E-state index in [4.69, 9.17) is 4.74 Å². The van der Waals surface area contributed by atoms with Crippen LogP contribution in [0, 0.1) is 6.92 Å². The standard InChI is InChI=1S/C8H11NO2S/c1-3-4-11-8(10)7-5-6(2)9-12-7/h5H,3-4H2,1-2H3. The van der Waals surface area contributed by atoms with Crippen molar-refractivity contribution < 1.29 is 9.53 Å². The Morgan fingerprint density at radius 1 is 1.75 bits per heavy atom. The van der Waals surface area contributed by atoms with Crippen molar-refractivity contribution in [2.75, 3.05) is 6.61 Å². The molecule has 1 rings (SSSR count). The fourth-order valence-corrected chi connectivity index (χ4v) is 1.38. The van der Waals surface area contributed by atoms with Gasteiger partial charge in [-0.05, 0) is 30.9 Å². The van der Waals surface area contributed by atoms with Gasteiger partial charge in [-0.1, -0.05) is 6.92 Å². The number of hydrogen-bond donors (Lipinski definition) is 0. The molecular formula is C8H11NO2S. The van der Waals surface area contributed by atoms with Crippen LogP contribution in [-0.2, 0) is 4.74 Å². The summed E-state index contributed by atoms with van der Waals surface area (Å²) in [6.07, 6.45) is 0.851. The minimum atomic E-state index is -0.262. The van der Waals surface area contributed by atoms with E-state index in [0.29, 0.717) is 11.5 Å². The Bertz CT molecular complexity index is 270. The number of ether oxygens (including phenoxy) is 1. The molecule has 1 heterocycles. The SMILES string of the molecule is CCCOC(=O)c1cc(C)ns1. The molecule has 0 radical (unpaired) electrons. The molecule has 0 atom stereocenters. The first kappa shape index (κ1) is 9.19. The Hall–Kier alpha value is -0.900. The highest BCUT2D eigenvalue weighted by Crippen LogP contribution is 2.10. The molecule has 0 saturated heterocycles. The molecule has 0 aliphatic carbocycles. The molecule has 1 aromatic rings. The van der Waals surface area contributed by atoms with E-state index < -0.39 is 0 Å². The highest BCUT2D eigenvalue weighted by molar-refractivity contribution is 7.08. The zero-order valence-corrected chi connectivity index (χ0v) is 7.98. The second-order valence-corrected chi connectivity index (χ2v) is 3.27. The van der Waals surface area contributed by atoms with Crippen LogP contribution in [0.15, 0.2) is 6.07 Å². The average molecular weight is 185 g/mol. The summed E-state index contributed by atoms with van der Waals surface area (Å²) in [4.78, 5) is 11.7. The van der Waals surface area contributed by atoms with E-state index in [1.54, 1.807) is 6.07 Å². The molecule has 0 saturated carbocycles. The normalized spacial score (nSPS) is 9.83. The van der Waals surface area contributed by atoms with Crippen molar-refractivity contribution in [2.24, 2.45) is 0 Å². The summed E-state index contributed by atoms with van der Waals surface area (Å²) in [6, 6.07) is 1.74. The first-order chi connectivity index (χ1) is 5.74. The number of carbonyl (C=O) groups is 1. The fraction of sp³-hybridized carbons (Fsp3) is 0.500. The minimum absolute atomic E-state index is 0.262. The number of aromatic nitrogens is 1. The second-order valence-electron chi connectivity index (χ2n) is 2.47. The highest BCUT2D eigenvalue weighted by atomic mass is 32.1. The predicted octanol–water partition coefficient (Wildman–Crippen LogP) is 2.02. The maximum Gasteiger partial charge on any atom is 0.349 e. The third kappa shape index (κ3) is 2.30. The van der Waals surface area contributed by atoms with Crippen LogP contribution >= 0.6 is 11.5 Å². The molecule has 0 aromatic carbocycles. The van der Waals surface area contributed by atoms with Crippen LogP contribution in [0.3, 0.4) is 0 Å². The van der Waals surface area contributed by atoms with Crippen LogP contribution in [-0.4, -0.2) is 16.9 Å². The van der Waals surface area contributed by atoms with Gasteiger partial charge in [0.15, 0.2) is 0 Å². The van der Waals surface area contributed by atoms with Crippen LogP contribution in [0.4, 0.5) is 0 Å².